The van der Waals surface area contributed by atoms with Crippen LogP contribution >= 0.6 is 11.6 Å². The van der Waals surface area contributed by atoms with E-state index >= 15 is 0 Å². The molecule has 1 aromatic carbocycles. The lowest BCUT2D eigenvalue weighted by atomic mass is 10.1. The van der Waals surface area contributed by atoms with E-state index in [1.807, 2.05) is 0 Å². The minimum absolute atomic E-state index is 0.0328. The number of carbonyl (C=O) groups is 3. The molecule has 138 valence electrons. The van der Waals surface area contributed by atoms with Crippen molar-refractivity contribution >= 4 is 35.3 Å². The summed E-state index contributed by atoms with van der Waals surface area (Å²) < 4.78 is 9.91. The minimum Gasteiger partial charge on any atom is -0.463 e. The molecule has 1 aliphatic heterocycles. The number of benzene rings is 1. The molecule has 26 heavy (non-hydrogen) atoms. The topological polar surface area (TPSA) is 137 Å². The molecule has 0 atom stereocenters. The fourth-order valence-corrected chi connectivity index (χ4v) is 2.26. The molecule has 2 N–H and O–H groups in total. The van der Waals surface area contributed by atoms with E-state index in [1.54, 1.807) is 6.92 Å². The minimum atomic E-state index is -0.942. The quantitative estimate of drug-likeness (QED) is 0.431. The molecule has 0 spiro atoms. The van der Waals surface area contributed by atoms with Gasteiger partial charge in [0.15, 0.2) is 0 Å². The number of esters is 2. The fourth-order valence-electron chi connectivity index (χ4n) is 2.07. The number of hydrogen-bond acceptors (Lipinski definition) is 7. The molecule has 2 amide bonds. The van der Waals surface area contributed by atoms with Crippen molar-refractivity contribution in [2.45, 2.75) is 6.92 Å². The SMILES string of the molecule is CCOC(=O)C1=C(COC(=O)c2cc([N+](=O)[O-])ccc2Cl)NC(=O)NC1. The van der Waals surface area contributed by atoms with E-state index in [4.69, 9.17) is 21.1 Å². The molecular weight excluding hydrogens is 370 g/mol. The molecule has 0 unspecified atom stereocenters. The van der Waals surface area contributed by atoms with Gasteiger partial charge < -0.3 is 20.1 Å². The largest absolute Gasteiger partial charge is 0.463 e. The zero-order valence-corrected chi connectivity index (χ0v) is 14.3. The van der Waals surface area contributed by atoms with E-state index in [1.165, 1.54) is 6.07 Å². The number of nitro groups is 1. The van der Waals surface area contributed by atoms with Gasteiger partial charge in [-0.2, -0.15) is 0 Å². The number of urea groups is 1. The van der Waals surface area contributed by atoms with Crippen LogP contribution in [0.15, 0.2) is 29.5 Å². The Morgan fingerprint density at radius 3 is 2.69 bits per heavy atom. The van der Waals surface area contributed by atoms with E-state index in [0.717, 1.165) is 12.1 Å². The summed E-state index contributed by atoms with van der Waals surface area (Å²) in [6.45, 7) is 1.22. The monoisotopic (exact) mass is 383 g/mol. The van der Waals surface area contributed by atoms with Crippen molar-refractivity contribution in [3.8, 4) is 0 Å². The first kappa shape index (κ1) is 19.2. The molecule has 2 rings (SSSR count). The highest BCUT2D eigenvalue weighted by atomic mass is 35.5. The van der Waals surface area contributed by atoms with E-state index in [9.17, 15) is 24.5 Å². The van der Waals surface area contributed by atoms with Crippen LogP contribution in [0.25, 0.3) is 0 Å². The molecule has 0 saturated carbocycles. The summed E-state index contributed by atoms with van der Waals surface area (Å²) in [6, 6.07) is 2.75. The van der Waals surface area contributed by atoms with Crippen molar-refractivity contribution in [2.24, 2.45) is 0 Å². The highest BCUT2D eigenvalue weighted by Gasteiger charge is 2.25. The predicted octanol–water partition coefficient (Wildman–Crippen LogP) is 1.53. The van der Waals surface area contributed by atoms with E-state index in [2.05, 4.69) is 10.6 Å². The maximum Gasteiger partial charge on any atom is 0.340 e. The molecule has 10 nitrogen and oxygen atoms in total. The zero-order chi connectivity index (χ0) is 19.3. The average molecular weight is 384 g/mol. The molecule has 0 saturated heterocycles. The van der Waals surface area contributed by atoms with E-state index < -0.39 is 29.5 Å². The van der Waals surface area contributed by atoms with Gasteiger partial charge in [0.05, 0.1) is 39.9 Å². The molecule has 1 aromatic rings. The molecule has 0 bridgehead atoms. The summed E-state index contributed by atoms with van der Waals surface area (Å²) in [5, 5.41) is 15.5. The van der Waals surface area contributed by atoms with Gasteiger partial charge in [-0.25, -0.2) is 14.4 Å². The predicted molar refractivity (Wildman–Crippen MR) is 88.6 cm³/mol. The molecule has 0 aromatic heterocycles. The lowest BCUT2D eigenvalue weighted by Gasteiger charge is -2.21. The first-order valence-corrected chi connectivity index (χ1v) is 7.76. The number of non-ortho nitro benzene ring substituents is 1. The number of carbonyl (C=O) groups excluding carboxylic acids is 3. The van der Waals surface area contributed by atoms with Crippen LogP contribution in [0.3, 0.4) is 0 Å². The van der Waals surface area contributed by atoms with Crippen molar-refractivity contribution in [1.82, 2.24) is 10.6 Å². The van der Waals surface area contributed by atoms with Crippen LogP contribution in [-0.4, -0.2) is 42.7 Å². The number of ether oxygens (including phenoxy) is 2. The standard InChI is InChI=1S/C15H14ClN3O7/c1-2-25-14(21)10-6-17-15(22)18-12(10)7-26-13(20)9-5-8(19(23)24)3-4-11(9)16/h3-5H,2,6-7H2,1H3,(H2,17,18,22). The fraction of sp³-hybridized carbons (Fsp3) is 0.267. The van der Waals surface area contributed by atoms with Crippen LogP contribution < -0.4 is 10.6 Å². The normalized spacial score (nSPS) is 13.5. The van der Waals surface area contributed by atoms with Crippen LogP contribution in [0.2, 0.25) is 5.02 Å². The van der Waals surface area contributed by atoms with Gasteiger partial charge in [-0.05, 0) is 13.0 Å². The van der Waals surface area contributed by atoms with E-state index in [0.29, 0.717) is 0 Å². The molecule has 0 aliphatic carbocycles. The lowest BCUT2D eigenvalue weighted by molar-refractivity contribution is -0.384. The summed E-state index contributed by atoms with van der Waals surface area (Å²) in [5.74, 6) is -1.61. The Labute approximate surface area is 152 Å². The number of nitrogens with one attached hydrogen (secondary N) is 2. The summed E-state index contributed by atoms with van der Waals surface area (Å²) >= 11 is 5.87. The third-order valence-corrected chi connectivity index (χ3v) is 3.63. The number of halogens is 1. The van der Waals surface area contributed by atoms with Crippen LogP contribution in [0, 0.1) is 10.1 Å². The average Bonchev–Trinajstić information content (AvgIpc) is 2.60. The van der Waals surface area contributed by atoms with Crippen LogP contribution in [-0.2, 0) is 14.3 Å². The molecule has 11 heteroatoms. The van der Waals surface area contributed by atoms with Gasteiger partial charge in [0.25, 0.3) is 5.69 Å². The Morgan fingerprint density at radius 1 is 1.31 bits per heavy atom. The van der Waals surface area contributed by atoms with Gasteiger partial charge in [0, 0.05) is 12.1 Å². The second kappa shape index (κ2) is 8.30. The van der Waals surface area contributed by atoms with Gasteiger partial charge in [-0.3, -0.25) is 10.1 Å². The van der Waals surface area contributed by atoms with Crippen LogP contribution in [0.5, 0.6) is 0 Å². The first-order chi connectivity index (χ1) is 12.3. The Bertz CT molecular complexity index is 806. The second-order valence-electron chi connectivity index (χ2n) is 4.98. The van der Waals surface area contributed by atoms with Crippen molar-refractivity contribution < 1.29 is 28.8 Å². The van der Waals surface area contributed by atoms with Gasteiger partial charge in [-0.1, -0.05) is 11.6 Å². The van der Waals surface area contributed by atoms with Crippen LogP contribution in [0.1, 0.15) is 17.3 Å². The first-order valence-electron chi connectivity index (χ1n) is 7.38. The Hall–Kier alpha value is -3.14. The van der Waals surface area contributed by atoms with Gasteiger partial charge in [-0.15, -0.1) is 0 Å². The molecule has 1 heterocycles. The van der Waals surface area contributed by atoms with Gasteiger partial charge in [0.1, 0.15) is 6.61 Å². The zero-order valence-electron chi connectivity index (χ0n) is 13.5. The molecule has 0 fully saturated rings. The molecular formula is C15H14ClN3O7. The maximum absolute atomic E-state index is 12.2. The van der Waals surface area contributed by atoms with Crippen LogP contribution in [0.4, 0.5) is 10.5 Å². The number of nitrogens with zero attached hydrogens (tertiary/aromatic N) is 1. The van der Waals surface area contributed by atoms with Crippen molar-refractivity contribution in [3.63, 3.8) is 0 Å². The summed E-state index contributed by atoms with van der Waals surface area (Å²) in [4.78, 5) is 45.6. The number of nitro benzene ring substituents is 1. The second-order valence-corrected chi connectivity index (χ2v) is 5.39. The highest BCUT2D eigenvalue weighted by Crippen LogP contribution is 2.23. The maximum atomic E-state index is 12.2. The Kier molecular flexibility index (Phi) is 6.12. The lowest BCUT2D eigenvalue weighted by Crippen LogP contribution is -2.45. The van der Waals surface area contributed by atoms with Gasteiger partial charge in [0.2, 0.25) is 0 Å². The Morgan fingerprint density at radius 2 is 2.04 bits per heavy atom. The number of hydrogen-bond donors (Lipinski definition) is 2. The van der Waals surface area contributed by atoms with Crippen molar-refractivity contribution in [2.75, 3.05) is 19.8 Å². The number of amides is 2. The summed E-state index contributed by atoms with van der Waals surface area (Å²) in [6.07, 6.45) is 0. The van der Waals surface area contributed by atoms with Crippen molar-refractivity contribution in [1.29, 1.82) is 0 Å². The molecule has 1 aliphatic rings. The third-order valence-electron chi connectivity index (χ3n) is 3.30. The number of rotatable bonds is 6. The molecule has 0 radical (unpaired) electrons. The van der Waals surface area contributed by atoms with Gasteiger partial charge >= 0.3 is 18.0 Å². The van der Waals surface area contributed by atoms with E-state index in [-0.39, 0.29) is 40.7 Å². The summed E-state index contributed by atoms with van der Waals surface area (Å²) in [5.41, 5.74) is -0.381. The third kappa shape index (κ3) is 4.48. The van der Waals surface area contributed by atoms with Crippen molar-refractivity contribution in [3.05, 3.63) is 50.2 Å². The summed E-state index contributed by atoms with van der Waals surface area (Å²) in [7, 11) is 0. The smallest absolute Gasteiger partial charge is 0.340 e. The highest BCUT2D eigenvalue weighted by molar-refractivity contribution is 6.33. The Balaban J connectivity index is 2.18.